The summed E-state index contributed by atoms with van der Waals surface area (Å²) >= 11 is 0. The van der Waals surface area contributed by atoms with E-state index < -0.39 is 11.9 Å². The standard InChI is InChI=1S/C25H40O5/c1-8-9-10-11-15-30-24(27)19(16-18(2)17-25(3,4)5)23(26)22-20(28-6)13-12-14-21(22)29-7/h12-14,18-19H,8-11,15-17H2,1-7H3. The van der Waals surface area contributed by atoms with Crippen molar-refractivity contribution in [2.24, 2.45) is 17.3 Å². The molecule has 0 N–H and O–H groups in total. The van der Waals surface area contributed by atoms with Crippen LogP contribution in [-0.2, 0) is 9.53 Å². The van der Waals surface area contributed by atoms with Crippen molar-refractivity contribution >= 4 is 11.8 Å². The predicted octanol–water partition coefficient (Wildman–Crippen LogP) is 6.09. The number of ketones is 1. The van der Waals surface area contributed by atoms with Crippen LogP contribution in [0.2, 0.25) is 0 Å². The van der Waals surface area contributed by atoms with Crippen molar-refractivity contribution in [2.45, 2.75) is 73.1 Å². The molecule has 0 aliphatic carbocycles. The number of carbonyl (C=O) groups is 2. The van der Waals surface area contributed by atoms with E-state index in [0.29, 0.717) is 30.1 Å². The van der Waals surface area contributed by atoms with E-state index in [4.69, 9.17) is 14.2 Å². The van der Waals surface area contributed by atoms with Crippen LogP contribution in [0.1, 0.15) is 83.5 Å². The van der Waals surface area contributed by atoms with Crippen LogP contribution in [0.15, 0.2) is 18.2 Å². The second kappa shape index (κ2) is 12.6. The zero-order chi connectivity index (χ0) is 22.7. The highest BCUT2D eigenvalue weighted by Gasteiger charge is 2.35. The maximum Gasteiger partial charge on any atom is 0.316 e. The number of unbranched alkanes of at least 4 members (excludes halogenated alkanes) is 3. The number of esters is 1. The van der Waals surface area contributed by atoms with Crippen molar-refractivity contribution < 1.29 is 23.8 Å². The monoisotopic (exact) mass is 420 g/mol. The summed E-state index contributed by atoms with van der Waals surface area (Å²) in [7, 11) is 3.02. The van der Waals surface area contributed by atoms with Gasteiger partial charge >= 0.3 is 5.97 Å². The van der Waals surface area contributed by atoms with Gasteiger partial charge in [-0.15, -0.1) is 0 Å². The van der Waals surface area contributed by atoms with Crippen molar-refractivity contribution in [3.63, 3.8) is 0 Å². The molecule has 0 fully saturated rings. The predicted molar refractivity (Wildman–Crippen MR) is 120 cm³/mol. The minimum absolute atomic E-state index is 0.110. The number of benzene rings is 1. The van der Waals surface area contributed by atoms with Crippen LogP contribution in [0.3, 0.4) is 0 Å². The molecule has 0 aromatic heterocycles. The van der Waals surface area contributed by atoms with E-state index in [1.807, 2.05) is 0 Å². The summed E-state index contributed by atoms with van der Waals surface area (Å²) in [5.41, 5.74) is 0.414. The minimum Gasteiger partial charge on any atom is -0.496 e. The molecule has 2 unspecified atom stereocenters. The van der Waals surface area contributed by atoms with Crippen LogP contribution in [0, 0.1) is 17.3 Å². The molecule has 0 saturated heterocycles. The Hall–Kier alpha value is -2.04. The second-order valence-electron chi connectivity index (χ2n) is 9.29. The van der Waals surface area contributed by atoms with Crippen molar-refractivity contribution in [3.8, 4) is 11.5 Å². The van der Waals surface area contributed by atoms with Crippen LogP contribution in [0.5, 0.6) is 11.5 Å². The maximum atomic E-state index is 13.5. The highest BCUT2D eigenvalue weighted by molar-refractivity contribution is 6.11. The average Bonchev–Trinajstić information content (AvgIpc) is 2.69. The number of Topliss-reactive ketones (excluding diaryl/α,β-unsaturated/α-hetero) is 1. The average molecular weight is 421 g/mol. The molecule has 30 heavy (non-hydrogen) atoms. The number of hydrogen-bond donors (Lipinski definition) is 0. The van der Waals surface area contributed by atoms with Crippen LogP contribution >= 0.6 is 0 Å². The summed E-state index contributed by atoms with van der Waals surface area (Å²) in [6.45, 7) is 11.1. The zero-order valence-electron chi connectivity index (χ0n) is 19.9. The van der Waals surface area contributed by atoms with Gasteiger partial charge in [-0.3, -0.25) is 9.59 Å². The quantitative estimate of drug-likeness (QED) is 0.167. The van der Waals surface area contributed by atoms with E-state index in [9.17, 15) is 9.59 Å². The van der Waals surface area contributed by atoms with Crippen molar-refractivity contribution in [2.75, 3.05) is 20.8 Å². The van der Waals surface area contributed by atoms with E-state index in [0.717, 1.165) is 32.1 Å². The molecule has 0 bridgehead atoms. The molecule has 0 radical (unpaired) electrons. The smallest absolute Gasteiger partial charge is 0.316 e. The van der Waals surface area contributed by atoms with Gasteiger partial charge in [0.05, 0.1) is 20.8 Å². The maximum absolute atomic E-state index is 13.5. The molecule has 170 valence electrons. The molecule has 1 rings (SSSR count). The number of hydrogen-bond acceptors (Lipinski definition) is 5. The Labute approximate surface area is 182 Å². The molecule has 1 aromatic carbocycles. The Morgan fingerprint density at radius 2 is 1.60 bits per heavy atom. The number of methoxy groups -OCH3 is 2. The lowest BCUT2D eigenvalue weighted by Gasteiger charge is -2.26. The molecule has 2 atom stereocenters. The lowest BCUT2D eigenvalue weighted by molar-refractivity contribution is -0.147. The van der Waals surface area contributed by atoms with Gasteiger partial charge in [-0.1, -0.05) is 59.9 Å². The molecule has 0 saturated carbocycles. The molecular formula is C25H40O5. The third kappa shape index (κ3) is 8.37. The van der Waals surface area contributed by atoms with Crippen LogP contribution < -0.4 is 9.47 Å². The molecule has 5 nitrogen and oxygen atoms in total. The van der Waals surface area contributed by atoms with Gasteiger partial charge in [0.1, 0.15) is 23.0 Å². The highest BCUT2D eigenvalue weighted by atomic mass is 16.5. The van der Waals surface area contributed by atoms with E-state index in [-0.39, 0.29) is 17.1 Å². The van der Waals surface area contributed by atoms with Gasteiger partial charge in [-0.05, 0) is 42.7 Å². The first kappa shape index (κ1) is 26.0. The number of carbonyl (C=O) groups excluding carboxylic acids is 2. The normalized spacial score (nSPS) is 13.4. The Bertz CT molecular complexity index is 652. The van der Waals surface area contributed by atoms with Crippen LogP contribution in [0.4, 0.5) is 0 Å². The minimum atomic E-state index is -0.876. The van der Waals surface area contributed by atoms with E-state index in [2.05, 4.69) is 34.6 Å². The van der Waals surface area contributed by atoms with E-state index >= 15 is 0 Å². The Balaban J connectivity index is 3.10. The number of ether oxygens (including phenoxy) is 3. The fourth-order valence-corrected chi connectivity index (χ4v) is 3.91. The lowest BCUT2D eigenvalue weighted by Crippen LogP contribution is -2.30. The lowest BCUT2D eigenvalue weighted by atomic mass is 9.80. The van der Waals surface area contributed by atoms with Crippen LogP contribution in [0.25, 0.3) is 0 Å². The Morgan fingerprint density at radius 1 is 1.00 bits per heavy atom. The van der Waals surface area contributed by atoms with E-state index in [1.165, 1.54) is 14.2 Å². The molecule has 0 aliphatic heterocycles. The van der Waals surface area contributed by atoms with Crippen LogP contribution in [-0.4, -0.2) is 32.6 Å². The number of rotatable bonds is 13. The third-order valence-corrected chi connectivity index (χ3v) is 5.12. The third-order valence-electron chi connectivity index (χ3n) is 5.12. The molecule has 1 aromatic rings. The van der Waals surface area contributed by atoms with E-state index in [1.54, 1.807) is 18.2 Å². The fraction of sp³-hybridized carbons (Fsp3) is 0.680. The molecular weight excluding hydrogens is 380 g/mol. The van der Waals surface area contributed by atoms with Gasteiger partial charge < -0.3 is 14.2 Å². The molecule has 5 heteroatoms. The topological polar surface area (TPSA) is 61.8 Å². The first-order chi connectivity index (χ1) is 14.1. The van der Waals surface area contributed by atoms with Crippen molar-refractivity contribution in [1.82, 2.24) is 0 Å². The summed E-state index contributed by atoms with van der Waals surface area (Å²) in [4.78, 5) is 26.5. The Morgan fingerprint density at radius 3 is 2.10 bits per heavy atom. The summed E-state index contributed by atoms with van der Waals surface area (Å²) in [6.07, 6.45) is 5.40. The first-order valence-electron chi connectivity index (χ1n) is 11.1. The highest BCUT2D eigenvalue weighted by Crippen LogP contribution is 2.34. The summed E-state index contributed by atoms with van der Waals surface area (Å²) in [5.74, 6) is -0.632. The van der Waals surface area contributed by atoms with Gasteiger partial charge in [-0.25, -0.2) is 0 Å². The van der Waals surface area contributed by atoms with Crippen molar-refractivity contribution in [3.05, 3.63) is 23.8 Å². The van der Waals surface area contributed by atoms with Gasteiger partial charge in [0.2, 0.25) is 0 Å². The van der Waals surface area contributed by atoms with Gasteiger partial charge in [-0.2, -0.15) is 0 Å². The van der Waals surface area contributed by atoms with Gasteiger partial charge in [0.15, 0.2) is 5.78 Å². The molecule has 0 amide bonds. The first-order valence-corrected chi connectivity index (χ1v) is 11.1. The van der Waals surface area contributed by atoms with Gasteiger partial charge in [0.25, 0.3) is 0 Å². The summed E-state index contributed by atoms with van der Waals surface area (Å²) < 4.78 is 16.3. The van der Waals surface area contributed by atoms with Crippen molar-refractivity contribution in [1.29, 1.82) is 0 Å². The SMILES string of the molecule is CCCCCCOC(=O)C(CC(C)CC(C)(C)C)C(=O)c1c(OC)cccc1OC. The second-order valence-corrected chi connectivity index (χ2v) is 9.29. The fourth-order valence-electron chi connectivity index (χ4n) is 3.91. The summed E-state index contributed by atoms with van der Waals surface area (Å²) in [6, 6.07) is 5.18. The molecule has 0 spiro atoms. The summed E-state index contributed by atoms with van der Waals surface area (Å²) in [5, 5.41) is 0. The molecule has 0 aliphatic rings. The molecule has 0 heterocycles. The van der Waals surface area contributed by atoms with Gasteiger partial charge in [0, 0.05) is 0 Å². The zero-order valence-corrected chi connectivity index (χ0v) is 19.9. The largest absolute Gasteiger partial charge is 0.496 e. The Kier molecular flexibility index (Phi) is 10.9.